The molecule has 234 valence electrons. The first kappa shape index (κ1) is 33.7. The van der Waals surface area contributed by atoms with Gasteiger partial charge in [-0.25, -0.2) is 4.39 Å². The molecule has 0 unspecified atom stereocenters. The van der Waals surface area contributed by atoms with Gasteiger partial charge in [-0.2, -0.15) is 5.26 Å². The van der Waals surface area contributed by atoms with E-state index in [1.54, 1.807) is 25.0 Å². The Labute approximate surface area is 255 Å². The van der Waals surface area contributed by atoms with Crippen molar-refractivity contribution in [2.75, 3.05) is 64.5 Å². The van der Waals surface area contributed by atoms with Crippen LogP contribution in [-0.4, -0.2) is 81.0 Å². The first-order valence-electron chi connectivity index (χ1n) is 15.1. The van der Waals surface area contributed by atoms with Gasteiger partial charge in [-0.05, 0) is 43.0 Å². The van der Waals surface area contributed by atoms with Crippen LogP contribution in [-0.2, 0) is 12.0 Å². The summed E-state index contributed by atoms with van der Waals surface area (Å²) in [4.78, 5) is 19.7. The molecule has 0 spiro atoms. The molecule has 1 fully saturated rings. The predicted molar refractivity (Wildman–Crippen MR) is 168 cm³/mol. The van der Waals surface area contributed by atoms with Gasteiger partial charge in [0.2, 0.25) is 0 Å². The van der Waals surface area contributed by atoms with Crippen molar-refractivity contribution >= 4 is 17.3 Å². The van der Waals surface area contributed by atoms with E-state index < -0.39 is 5.82 Å². The van der Waals surface area contributed by atoms with Crippen LogP contribution in [0, 0.1) is 22.6 Å². The number of halogens is 1. The van der Waals surface area contributed by atoms with E-state index in [0.717, 1.165) is 30.1 Å². The molecule has 43 heavy (non-hydrogen) atoms. The average molecular weight is 596 g/mol. The maximum absolute atomic E-state index is 15.5. The van der Waals surface area contributed by atoms with Crippen LogP contribution < -0.4 is 19.1 Å². The SMILES string of the molecule is CC.CCOc1cc2c(c(F)c1OCC)C(=N)N(CC(=O)c1cc(N3CCN(CC#N)CC3)c(OC)c(C(C)(C)C)c1)C2. The normalized spacial score (nSPS) is 14.9. The summed E-state index contributed by atoms with van der Waals surface area (Å²) in [5.41, 5.74) is 2.70. The second-order valence-corrected chi connectivity index (χ2v) is 11.3. The van der Waals surface area contributed by atoms with E-state index in [-0.39, 0.29) is 48.0 Å². The lowest BCUT2D eigenvalue weighted by Crippen LogP contribution is -2.46. The van der Waals surface area contributed by atoms with Crippen LogP contribution in [0.3, 0.4) is 0 Å². The van der Waals surface area contributed by atoms with Crippen LogP contribution in [0.4, 0.5) is 10.1 Å². The molecular weight excluding hydrogens is 549 g/mol. The number of anilines is 1. The van der Waals surface area contributed by atoms with Crippen LogP contribution in [0.5, 0.6) is 17.2 Å². The van der Waals surface area contributed by atoms with Gasteiger partial charge in [-0.15, -0.1) is 0 Å². The van der Waals surface area contributed by atoms with E-state index >= 15 is 4.39 Å². The molecule has 0 saturated carbocycles. The van der Waals surface area contributed by atoms with Crippen LogP contribution in [0.1, 0.15) is 75.5 Å². The molecule has 0 amide bonds. The number of hydrogen-bond donors (Lipinski definition) is 1. The van der Waals surface area contributed by atoms with Crippen LogP contribution >= 0.6 is 0 Å². The van der Waals surface area contributed by atoms with Crippen molar-refractivity contribution in [3.8, 4) is 23.3 Å². The van der Waals surface area contributed by atoms with Crippen LogP contribution in [0.2, 0.25) is 0 Å². The number of nitrogens with one attached hydrogen (secondary N) is 1. The molecule has 2 aromatic rings. The zero-order valence-corrected chi connectivity index (χ0v) is 26.9. The number of methoxy groups -OCH3 is 1. The zero-order valence-electron chi connectivity index (χ0n) is 26.9. The van der Waals surface area contributed by atoms with Gasteiger partial charge in [-0.3, -0.25) is 15.1 Å². The first-order valence-corrected chi connectivity index (χ1v) is 15.1. The van der Waals surface area contributed by atoms with Gasteiger partial charge < -0.3 is 24.0 Å². The van der Waals surface area contributed by atoms with Gasteiger partial charge in [-0.1, -0.05) is 34.6 Å². The standard InChI is InChI=1S/C31H40FN5O4.C2H6/c1-7-40-25-17-21-18-37(30(34)26(21)27(32)29(25)41-8-2)19-24(38)20-15-22(31(3,4)5)28(39-6)23(16-20)36-13-11-35(10-9-33)12-14-36;1-2/h15-17,34H,7-8,10-14,18-19H2,1-6H3;1-2H3. The summed E-state index contributed by atoms with van der Waals surface area (Å²) in [6, 6.07) is 7.67. The van der Waals surface area contributed by atoms with E-state index in [1.807, 2.05) is 32.9 Å². The van der Waals surface area contributed by atoms with Crippen LogP contribution in [0.15, 0.2) is 18.2 Å². The largest absolute Gasteiger partial charge is 0.494 e. The highest BCUT2D eigenvalue weighted by Gasteiger charge is 2.34. The second kappa shape index (κ2) is 14.6. The summed E-state index contributed by atoms with van der Waals surface area (Å²) in [6.07, 6.45) is 0. The molecule has 0 atom stereocenters. The Balaban J connectivity index is 0.00000248. The van der Waals surface area contributed by atoms with Gasteiger partial charge >= 0.3 is 0 Å². The van der Waals surface area contributed by atoms with Crippen molar-refractivity contribution in [2.24, 2.45) is 0 Å². The first-order chi connectivity index (χ1) is 20.5. The van der Waals surface area contributed by atoms with Crippen molar-refractivity contribution in [3.63, 3.8) is 0 Å². The lowest BCUT2D eigenvalue weighted by Gasteiger charge is -2.37. The molecule has 2 aliphatic rings. The molecule has 2 aromatic carbocycles. The summed E-state index contributed by atoms with van der Waals surface area (Å²) in [7, 11) is 1.64. The summed E-state index contributed by atoms with van der Waals surface area (Å²) in [6.45, 7) is 17.8. The lowest BCUT2D eigenvalue weighted by molar-refractivity contribution is 0.0962. The molecular formula is C33H46FN5O4. The molecule has 2 heterocycles. The maximum atomic E-state index is 15.5. The van der Waals surface area contributed by atoms with E-state index in [1.165, 1.54) is 0 Å². The molecule has 0 radical (unpaired) electrons. The number of carbonyl (C=O) groups excluding carboxylic acids is 1. The number of hydrogen-bond acceptors (Lipinski definition) is 8. The Morgan fingerprint density at radius 1 is 1.05 bits per heavy atom. The second-order valence-electron chi connectivity index (χ2n) is 11.3. The molecule has 0 aliphatic carbocycles. The van der Waals surface area contributed by atoms with Crippen molar-refractivity contribution in [1.82, 2.24) is 9.80 Å². The van der Waals surface area contributed by atoms with Gasteiger partial charge in [0.15, 0.2) is 23.1 Å². The van der Waals surface area contributed by atoms with E-state index in [9.17, 15) is 4.79 Å². The smallest absolute Gasteiger partial charge is 0.197 e. The minimum atomic E-state index is -0.634. The Hall–Kier alpha value is -3.84. The highest BCUT2D eigenvalue weighted by molar-refractivity contribution is 6.06. The Bertz CT molecular complexity index is 1360. The number of ketones is 1. The molecule has 0 bridgehead atoms. The zero-order chi connectivity index (χ0) is 31.9. The molecule has 1 N–H and O–H groups in total. The van der Waals surface area contributed by atoms with Gasteiger partial charge in [0.25, 0.3) is 0 Å². The van der Waals surface area contributed by atoms with Crippen molar-refractivity contribution in [1.29, 1.82) is 10.7 Å². The van der Waals surface area contributed by atoms with Crippen molar-refractivity contribution in [3.05, 3.63) is 46.3 Å². The minimum Gasteiger partial charge on any atom is -0.494 e. The monoisotopic (exact) mass is 595 g/mol. The van der Waals surface area contributed by atoms with E-state index in [4.69, 9.17) is 24.9 Å². The highest BCUT2D eigenvalue weighted by Crippen LogP contribution is 2.42. The number of Topliss-reactive ketones (excluding diaryl/α,β-unsaturated/α-hetero) is 1. The van der Waals surface area contributed by atoms with Gasteiger partial charge in [0, 0.05) is 43.9 Å². The van der Waals surface area contributed by atoms with Crippen LogP contribution in [0.25, 0.3) is 0 Å². The number of nitrogens with zero attached hydrogens (tertiary/aromatic N) is 4. The fourth-order valence-electron chi connectivity index (χ4n) is 5.45. The number of benzene rings is 2. The fourth-order valence-corrected chi connectivity index (χ4v) is 5.45. The summed E-state index contributed by atoms with van der Waals surface area (Å²) in [5, 5.41) is 17.8. The number of fused-ring (bicyclic) bond motifs is 1. The summed E-state index contributed by atoms with van der Waals surface area (Å²) < 4.78 is 32.6. The fraction of sp³-hybridized carbons (Fsp3) is 0.545. The maximum Gasteiger partial charge on any atom is 0.197 e. The minimum absolute atomic E-state index is 0.00416. The third kappa shape index (κ3) is 7.21. The average Bonchev–Trinajstić information content (AvgIpc) is 3.30. The number of nitriles is 1. The number of piperazine rings is 1. The van der Waals surface area contributed by atoms with Crippen molar-refractivity contribution < 1.29 is 23.4 Å². The number of carbonyl (C=O) groups is 1. The van der Waals surface area contributed by atoms with E-state index in [0.29, 0.717) is 43.1 Å². The highest BCUT2D eigenvalue weighted by atomic mass is 19.1. The Kier molecular flexibility index (Phi) is 11.4. The van der Waals surface area contributed by atoms with Gasteiger partial charge in [0.1, 0.15) is 11.6 Å². The van der Waals surface area contributed by atoms with E-state index in [2.05, 4.69) is 36.6 Å². The summed E-state index contributed by atoms with van der Waals surface area (Å²) in [5.74, 6) is 0.179. The predicted octanol–water partition coefficient (Wildman–Crippen LogP) is 5.62. The topological polar surface area (TPSA) is 102 Å². The third-order valence-corrected chi connectivity index (χ3v) is 7.52. The summed E-state index contributed by atoms with van der Waals surface area (Å²) >= 11 is 0. The Morgan fingerprint density at radius 2 is 1.70 bits per heavy atom. The molecule has 4 rings (SSSR count). The van der Waals surface area contributed by atoms with Gasteiger partial charge in [0.05, 0.1) is 50.7 Å². The quantitative estimate of drug-likeness (QED) is 0.279. The lowest BCUT2D eigenvalue weighted by atomic mass is 9.84. The number of rotatable bonds is 10. The molecule has 1 saturated heterocycles. The molecule has 2 aliphatic heterocycles. The number of ether oxygens (including phenoxy) is 3. The molecule has 10 heteroatoms. The number of amidine groups is 1. The van der Waals surface area contributed by atoms with Crippen molar-refractivity contribution in [2.45, 2.75) is 60.4 Å². The molecule has 9 nitrogen and oxygen atoms in total. The molecule has 0 aromatic heterocycles. The Morgan fingerprint density at radius 3 is 2.26 bits per heavy atom. The third-order valence-electron chi connectivity index (χ3n) is 7.52.